The number of benzene rings is 1. The largest absolute Gasteiger partial charge is 0.495 e. The predicted molar refractivity (Wildman–Crippen MR) is 112 cm³/mol. The molecular weight excluding hydrogens is 352 g/mol. The van der Waals surface area contributed by atoms with E-state index in [1.807, 2.05) is 12.1 Å². The van der Waals surface area contributed by atoms with Gasteiger partial charge in [-0.1, -0.05) is 18.6 Å². The Labute approximate surface area is 169 Å². The van der Waals surface area contributed by atoms with Crippen LogP contribution in [0.25, 0.3) is 0 Å². The minimum atomic E-state index is -0.391. The number of hydrogen-bond donors (Lipinski definition) is 1. The quantitative estimate of drug-likeness (QED) is 0.659. The van der Waals surface area contributed by atoms with Gasteiger partial charge >= 0.3 is 0 Å². The van der Waals surface area contributed by atoms with Gasteiger partial charge < -0.3 is 19.5 Å². The Hall–Kier alpha value is -1.30. The fraction of sp³-hybridized carbons (Fsp3) is 0.739. The molecule has 1 aliphatic heterocycles. The number of methoxy groups -OCH3 is 1. The van der Waals surface area contributed by atoms with Gasteiger partial charge in [0.1, 0.15) is 5.75 Å². The number of anilines is 1. The van der Waals surface area contributed by atoms with Crippen LogP contribution in [0.2, 0.25) is 0 Å². The van der Waals surface area contributed by atoms with Crippen molar-refractivity contribution in [2.45, 2.75) is 38.2 Å². The number of rotatable bonds is 9. The number of aliphatic hydroxyl groups excluding tert-OH is 1. The molecule has 1 heterocycles. The predicted octanol–water partition coefficient (Wildman–Crippen LogP) is 3.02. The lowest BCUT2D eigenvalue weighted by molar-refractivity contribution is 0.0100. The summed E-state index contributed by atoms with van der Waals surface area (Å²) < 4.78 is 11.3. The van der Waals surface area contributed by atoms with Crippen LogP contribution in [-0.2, 0) is 4.74 Å². The topological polar surface area (TPSA) is 45.2 Å². The molecule has 1 aromatic rings. The second kappa shape index (κ2) is 9.47. The summed E-state index contributed by atoms with van der Waals surface area (Å²) in [6.07, 6.45) is 6.59. The molecule has 4 rings (SSSR count). The second-order valence-corrected chi connectivity index (χ2v) is 8.91. The van der Waals surface area contributed by atoms with Gasteiger partial charge in [-0.3, -0.25) is 4.90 Å². The maximum Gasteiger partial charge on any atom is 0.142 e. The Balaban J connectivity index is 1.12. The molecule has 0 unspecified atom stereocenters. The van der Waals surface area contributed by atoms with Crippen molar-refractivity contribution in [1.82, 2.24) is 4.90 Å². The van der Waals surface area contributed by atoms with Crippen molar-refractivity contribution in [3.8, 4) is 5.75 Å². The van der Waals surface area contributed by atoms with E-state index >= 15 is 0 Å². The molecule has 4 atom stereocenters. The molecule has 2 bridgehead atoms. The SMILES string of the molecule is COc1ccccc1N1CCN(C[C@@H](O)COCC[C@@H]2C[C@@H]3CC[C@@H]2C3)CC1. The van der Waals surface area contributed by atoms with Crippen LogP contribution in [0.4, 0.5) is 5.69 Å². The molecule has 3 fully saturated rings. The number of nitrogens with zero attached hydrogens (tertiary/aromatic N) is 2. The van der Waals surface area contributed by atoms with Crippen LogP contribution in [-0.4, -0.2) is 69.2 Å². The van der Waals surface area contributed by atoms with Gasteiger partial charge in [-0.25, -0.2) is 0 Å². The van der Waals surface area contributed by atoms with Crippen LogP contribution < -0.4 is 9.64 Å². The Morgan fingerprint density at radius 1 is 1.11 bits per heavy atom. The van der Waals surface area contributed by atoms with Crippen molar-refractivity contribution < 1.29 is 14.6 Å². The van der Waals surface area contributed by atoms with E-state index in [9.17, 15) is 5.11 Å². The number of hydrogen-bond acceptors (Lipinski definition) is 5. The normalized spacial score (nSPS) is 28.6. The minimum Gasteiger partial charge on any atom is -0.495 e. The number of para-hydroxylation sites is 2. The summed E-state index contributed by atoms with van der Waals surface area (Å²) in [7, 11) is 1.72. The summed E-state index contributed by atoms with van der Waals surface area (Å²) >= 11 is 0. The molecule has 1 N–H and O–H groups in total. The third-order valence-corrected chi connectivity index (χ3v) is 7.09. The second-order valence-electron chi connectivity index (χ2n) is 8.91. The van der Waals surface area contributed by atoms with E-state index < -0.39 is 6.10 Å². The van der Waals surface area contributed by atoms with Crippen LogP contribution in [0.15, 0.2) is 24.3 Å². The zero-order valence-electron chi connectivity index (χ0n) is 17.3. The fourth-order valence-electron chi connectivity index (χ4n) is 5.60. The lowest BCUT2D eigenvalue weighted by Crippen LogP contribution is -2.49. The summed E-state index contributed by atoms with van der Waals surface area (Å²) in [6.45, 7) is 5.81. The van der Waals surface area contributed by atoms with Gasteiger partial charge in [-0.2, -0.15) is 0 Å². The Morgan fingerprint density at radius 3 is 2.64 bits per heavy atom. The molecule has 2 aliphatic carbocycles. The molecule has 156 valence electrons. The van der Waals surface area contributed by atoms with Crippen LogP contribution in [0, 0.1) is 17.8 Å². The first-order valence-corrected chi connectivity index (χ1v) is 11.1. The molecule has 0 spiro atoms. The standard InChI is InChI=1S/C23H36N2O3/c1-27-23-5-3-2-4-22(23)25-11-9-24(10-12-25)16-21(26)17-28-13-8-20-15-18-6-7-19(20)14-18/h2-5,18-21,26H,6-17H2,1H3/t18-,19-,20-,21-/m1/s1. The number of fused-ring (bicyclic) bond motifs is 2. The molecule has 2 saturated carbocycles. The van der Waals surface area contributed by atoms with Gasteiger partial charge in [-0.15, -0.1) is 0 Å². The summed E-state index contributed by atoms with van der Waals surface area (Å²) in [5.41, 5.74) is 1.16. The average Bonchev–Trinajstić information content (AvgIpc) is 3.35. The Kier molecular flexibility index (Phi) is 6.76. The van der Waals surface area contributed by atoms with E-state index in [1.54, 1.807) is 7.11 Å². The van der Waals surface area contributed by atoms with Crippen molar-refractivity contribution in [3.05, 3.63) is 24.3 Å². The molecule has 0 amide bonds. The summed E-state index contributed by atoms with van der Waals surface area (Å²) in [5.74, 6) is 3.80. The maximum atomic E-state index is 10.4. The van der Waals surface area contributed by atoms with Crippen LogP contribution in [0.1, 0.15) is 32.1 Å². The van der Waals surface area contributed by atoms with E-state index in [-0.39, 0.29) is 0 Å². The van der Waals surface area contributed by atoms with Crippen LogP contribution in [0.3, 0.4) is 0 Å². The number of aliphatic hydroxyl groups is 1. The fourth-order valence-corrected chi connectivity index (χ4v) is 5.60. The zero-order valence-corrected chi connectivity index (χ0v) is 17.3. The summed E-state index contributed by atoms with van der Waals surface area (Å²) in [6, 6.07) is 8.20. The highest BCUT2D eigenvalue weighted by atomic mass is 16.5. The van der Waals surface area contributed by atoms with E-state index in [0.29, 0.717) is 13.2 Å². The molecular formula is C23H36N2O3. The highest BCUT2D eigenvalue weighted by molar-refractivity contribution is 5.58. The average molecular weight is 389 g/mol. The smallest absolute Gasteiger partial charge is 0.142 e. The van der Waals surface area contributed by atoms with Crippen LogP contribution in [0.5, 0.6) is 5.75 Å². The molecule has 5 nitrogen and oxygen atoms in total. The highest BCUT2D eigenvalue weighted by Gasteiger charge is 2.38. The van der Waals surface area contributed by atoms with Gasteiger partial charge in [0.05, 0.1) is 25.5 Å². The van der Waals surface area contributed by atoms with Crippen molar-refractivity contribution in [2.75, 3.05) is 57.9 Å². The molecule has 1 aromatic carbocycles. The van der Waals surface area contributed by atoms with Crippen LogP contribution >= 0.6 is 0 Å². The van der Waals surface area contributed by atoms with Gasteiger partial charge in [0.2, 0.25) is 0 Å². The van der Waals surface area contributed by atoms with E-state index in [4.69, 9.17) is 9.47 Å². The van der Waals surface area contributed by atoms with Crippen molar-refractivity contribution >= 4 is 5.69 Å². The zero-order chi connectivity index (χ0) is 19.3. The number of β-amino-alcohol motifs (C(OH)–C–C–N with tert-alkyl or cyclic N) is 1. The minimum absolute atomic E-state index is 0.391. The third-order valence-electron chi connectivity index (χ3n) is 7.09. The lowest BCUT2D eigenvalue weighted by Gasteiger charge is -2.37. The molecule has 28 heavy (non-hydrogen) atoms. The van der Waals surface area contributed by atoms with Gasteiger partial charge in [0.25, 0.3) is 0 Å². The molecule has 0 radical (unpaired) electrons. The summed E-state index contributed by atoms with van der Waals surface area (Å²) in [5, 5.41) is 10.4. The van der Waals surface area contributed by atoms with Gasteiger partial charge in [-0.05, 0) is 55.6 Å². The summed E-state index contributed by atoms with van der Waals surface area (Å²) in [4.78, 5) is 4.71. The van der Waals surface area contributed by atoms with Gasteiger partial charge in [0.15, 0.2) is 0 Å². The Morgan fingerprint density at radius 2 is 1.93 bits per heavy atom. The van der Waals surface area contributed by atoms with E-state index in [1.165, 1.54) is 32.1 Å². The van der Waals surface area contributed by atoms with Crippen molar-refractivity contribution in [3.63, 3.8) is 0 Å². The van der Waals surface area contributed by atoms with E-state index in [2.05, 4.69) is 21.9 Å². The number of piperazine rings is 1. The Bertz CT molecular complexity index is 618. The maximum absolute atomic E-state index is 10.4. The van der Waals surface area contributed by atoms with Gasteiger partial charge in [0, 0.05) is 39.3 Å². The molecule has 3 aliphatic rings. The molecule has 0 aromatic heterocycles. The first-order chi connectivity index (χ1) is 13.7. The van der Waals surface area contributed by atoms with E-state index in [0.717, 1.165) is 62.0 Å². The first-order valence-electron chi connectivity index (χ1n) is 11.1. The molecule has 5 heteroatoms. The lowest BCUT2D eigenvalue weighted by atomic mass is 9.87. The molecule has 1 saturated heterocycles. The number of ether oxygens (including phenoxy) is 2. The third kappa shape index (κ3) is 4.81. The van der Waals surface area contributed by atoms with Crippen molar-refractivity contribution in [2.24, 2.45) is 17.8 Å². The van der Waals surface area contributed by atoms with Crippen molar-refractivity contribution in [1.29, 1.82) is 0 Å². The first kappa shape index (κ1) is 20.0. The monoisotopic (exact) mass is 388 g/mol. The highest BCUT2D eigenvalue weighted by Crippen LogP contribution is 2.49.